The van der Waals surface area contributed by atoms with Crippen molar-refractivity contribution in [3.8, 4) is 0 Å². The lowest BCUT2D eigenvalue weighted by Crippen LogP contribution is -2.47. The van der Waals surface area contributed by atoms with Crippen LogP contribution in [0.3, 0.4) is 0 Å². The molecule has 0 bridgehead atoms. The molecule has 1 aromatic rings. The number of hydrogen-bond donors (Lipinski definition) is 2. The molecule has 0 saturated carbocycles. The second-order valence-electron chi connectivity index (χ2n) is 8.14. The molecule has 2 atom stereocenters. The second kappa shape index (κ2) is 10.2. The average Bonchev–Trinajstić information content (AvgIpc) is 2.68. The van der Waals surface area contributed by atoms with Gasteiger partial charge in [0.05, 0.1) is 0 Å². The summed E-state index contributed by atoms with van der Waals surface area (Å²) in [4.78, 5) is 38.9. The molecule has 2 unspecified atom stereocenters. The first kappa shape index (κ1) is 21.9. The van der Waals surface area contributed by atoms with Crippen molar-refractivity contribution in [2.75, 3.05) is 13.1 Å². The number of benzene rings is 1. The number of likely N-dealkylation sites (tertiary alicyclic amines) is 1. The van der Waals surface area contributed by atoms with Gasteiger partial charge in [0.1, 0.15) is 0 Å². The van der Waals surface area contributed by atoms with E-state index in [1.165, 1.54) is 0 Å². The van der Waals surface area contributed by atoms with Crippen LogP contribution in [-0.2, 0) is 9.59 Å². The predicted octanol–water partition coefficient (Wildman–Crippen LogP) is 2.59. The Hall–Kier alpha value is -2.37. The molecule has 2 rings (SSSR count). The van der Waals surface area contributed by atoms with E-state index in [0.29, 0.717) is 37.4 Å². The normalized spacial score (nSPS) is 17.1. The van der Waals surface area contributed by atoms with Gasteiger partial charge in [-0.1, -0.05) is 32.0 Å². The lowest BCUT2D eigenvalue weighted by Gasteiger charge is -2.33. The molecule has 28 heavy (non-hydrogen) atoms. The Morgan fingerprint density at radius 3 is 2.18 bits per heavy atom. The second-order valence-corrected chi connectivity index (χ2v) is 8.14. The maximum absolute atomic E-state index is 12.5. The minimum atomic E-state index is -0.242. The van der Waals surface area contributed by atoms with Crippen LogP contribution in [0.2, 0.25) is 0 Å². The number of hydrogen-bond acceptors (Lipinski definition) is 3. The van der Waals surface area contributed by atoms with Crippen LogP contribution in [0, 0.1) is 11.8 Å². The maximum atomic E-state index is 12.5. The summed E-state index contributed by atoms with van der Waals surface area (Å²) >= 11 is 0. The van der Waals surface area contributed by atoms with Crippen molar-refractivity contribution in [1.29, 1.82) is 0 Å². The van der Waals surface area contributed by atoms with E-state index < -0.39 is 0 Å². The van der Waals surface area contributed by atoms with E-state index in [1.807, 2.05) is 32.0 Å². The highest BCUT2D eigenvalue weighted by molar-refractivity contribution is 5.94. The zero-order chi connectivity index (χ0) is 20.7. The third-order valence-corrected chi connectivity index (χ3v) is 5.48. The summed E-state index contributed by atoms with van der Waals surface area (Å²) in [6.45, 7) is 9.21. The number of rotatable bonds is 7. The van der Waals surface area contributed by atoms with Gasteiger partial charge in [0.2, 0.25) is 11.8 Å². The SMILES string of the molecule is CC(CC(=O)N1CCC(C(=O)NC(C)C(C)C)CC1)NC(=O)c1ccccc1. The van der Waals surface area contributed by atoms with Gasteiger partial charge < -0.3 is 15.5 Å². The summed E-state index contributed by atoms with van der Waals surface area (Å²) in [5.41, 5.74) is 0.587. The van der Waals surface area contributed by atoms with Gasteiger partial charge in [-0.15, -0.1) is 0 Å². The highest BCUT2D eigenvalue weighted by Crippen LogP contribution is 2.19. The van der Waals surface area contributed by atoms with E-state index >= 15 is 0 Å². The fourth-order valence-electron chi connectivity index (χ4n) is 3.24. The molecule has 1 fully saturated rings. The van der Waals surface area contributed by atoms with Gasteiger partial charge in [-0.2, -0.15) is 0 Å². The van der Waals surface area contributed by atoms with Gasteiger partial charge in [-0.25, -0.2) is 0 Å². The average molecular weight is 388 g/mol. The summed E-state index contributed by atoms with van der Waals surface area (Å²) < 4.78 is 0. The van der Waals surface area contributed by atoms with Crippen LogP contribution < -0.4 is 10.6 Å². The van der Waals surface area contributed by atoms with Crippen LogP contribution in [0.5, 0.6) is 0 Å². The van der Waals surface area contributed by atoms with Crippen LogP contribution in [0.1, 0.15) is 57.3 Å². The van der Waals surface area contributed by atoms with Crippen LogP contribution in [0.4, 0.5) is 0 Å². The van der Waals surface area contributed by atoms with Gasteiger partial charge in [0.15, 0.2) is 0 Å². The molecular formula is C22H33N3O3. The first-order valence-corrected chi connectivity index (χ1v) is 10.2. The summed E-state index contributed by atoms with van der Waals surface area (Å²) in [6.07, 6.45) is 1.64. The Morgan fingerprint density at radius 2 is 1.61 bits per heavy atom. The molecule has 0 aliphatic carbocycles. The Morgan fingerprint density at radius 1 is 1.00 bits per heavy atom. The zero-order valence-electron chi connectivity index (χ0n) is 17.4. The summed E-state index contributed by atoms with van der Waals surface area (Å²) in [6, 6.07) is 8.89. The summed E-state index contributed by atoms with van der Waals surface area (Å²) in [7, 11) is 0. The number of piperidine rings is 1. The van der Waals surface area contributed by atoms with E-state index in [0.717, 1.165) is 0 Å². The summed E-state index contributed by atoms with van der Waals surface area (Å²) in [5.74, 6) is 0.321. The van der Waals surface area contributed by atoms with E-state index in [4.69, 9.17) is 0 Å². The molecule has 1 heterocycles. The minimum Gasteiger partial charge on any atom is -0.353 e. The Kier molecular flexibility index (Phi) is 8.03. The molecule has 1 aromatic carbocycles. The molecule has 2 N–H and O–H groups in total. The monoisotopic (exact) mass is 387 g/mol. The predicted molar refractivity (Wildman–Crippen MR) is 110 cm³/mol. The molecule has 0 radical (unpaired) electrons. The van der Waals surface area contributed by atoms with Crippen molar-refractivity contribution in [3.05, 3.63) is 35.9 Å². The maximum Gasteiger partial charge on any atom is 0.251 e. The zero-order valence-corrected chi connectivity index (χ0v) is 17.4. The van der Waals surface area contributed by atoms with E-state index in [-0.39, 0.29) is 42.1 Å². The smallest absolute Gasteiger partial charge is 0.251 e. The Labute approximate surface area is 168 Å². The van der Waals surface area contributed by atoms with Crippen molar-refractivity contribution in [2.24, 2.45) is 11.8 Å². The largest absolute Gasteiger partial charge is 0.353 e. The number of carbonyl (C=O) groups excluding carboxylic acids is 3. The number of nitrogens with zero attached hydrogens (tertiary/aromatic N) is 1. The molecule has 1 aliphatic rings. The van der Waals surface area contributed by atoms with Gasteiger partial charge in [-0.05, 0) is 44.7 Å². The molecule has 1 saturated heterocycles. The van der Waals surface area contributed by atoms with Gasteiger partial charge in [-0.3, -0.25) is 14.4 Å². The lowest BCUT2D eigenvalue weighted by atomic mass is 9.94. The third kappa shape index (κ3) is 6.36. The quantitative estimate of drug-likeness (QED) is 0.755. The molecule has 6 nitrogen and oxygen atoms in total. The molecule has 154 valence electrons. The highest BCUT2D eigenvalue weighted by atomic mass is 16.2. The van der Waals surface area contributed by atoms with Crippen molar-refractivity contribution in [1.82, 2.24) is 15.5 Å². The van der Waals surface area contributed by atoms with Gasteiger partial charge in [0.25, 0.3) is 5.91 Å². The fourth-order valence-corrected chi connectivity index (χ4v) is 3.24. The van der Waals surface area contributed by atoms with Crippen molar-refractivity contribution < 1.29 is 14.4 Å². The molecule has 1 aliphatic heterocycles. The van der Waals surface area contributed by atoms with E-state index in [9.17, 15) is 14.4 Å². The third-order valence-electron chi connectivity index (χ3n) is 5.48. The molecule has 6 heteroatoms. The van der Waals surface area contributed by atoms with Gasteiger partial charge >= 0.3 is 0 Å². The summed E-state index contributed by atoms with van der Waals surface area (Å²) in [5, 5.41) is 5.95. The molecule has 0 spiro atoms. The molecular weight excluding hydrogens is 354 g/mol. The number of nitrogens with one attached hydrogen (secondary N) is 2. The molecule has 3 amide bonds. The minimum absolute atomic E-state index is 0.0234. The molecule has 0 aromatic heterocycles. The Bertz CT molecular complexity index is 667. The van der Waals surface area contributed by atoms with Gasteiger partial charge in [0, 0.05) is 43.1 Å². The van der Waals surface area contributed by atoms with Crippen LogP contribution >= 0.6 is 0 Å². The lowest BCUT2D eigenvalue weighted by molar-refractivity contribution is -0.136. The van der Waals surface area contributed by atoms with Crippen LogP contribution in [-0.4, -0.2) is 47.8 Å². The fraction of sp³-hybridized carbons (Fsp3) is 0.591. The van der Waals surface area contributed by atoms with E-state index in [2.05, 4.69) is 24.5 Å². The van der Waals surface area contributed by atoms with Crippen molar-refractivity contribution in [3.63, 3.8) is 0 Å². The number of carbonyl (C=O) groups is 3. The Balaban J connectivity index is 1.75. The van der Waals surface area contributed by atoms with E-state index in [1.54, 1.807) is 17.0 Å². The topological polar surface area (TPSA) is 78.5 Å². The van der Waals surface area contributed by atoms with Crippen LogP contribution in [0.25, 0.3) is 0 Å². The van der Waals surface area contributed by atoms with Crippen molar-refractivity contribution >= 4 is 17.7 Å². The van der Waals surface area contributed by atoms with Crippen LogP contribution in [0.15, 0.2) is 30.3 Å². The van der Waals surface area contributed by atoms with Crippen molar-refractivity contribution in [2.45, 2.75) is 59.0 Å². The first-order chi connectivity index (χ1) is 13.3. The number of amides is 3. The highest BCUT2D eigenvalue weighted by Gasteiger charge is 2.28. The first-order valence-electron chi connectivity index (χ1n) is 10.2. The standard InChI is InChI=1S/C22H33N3O3/c1-15(2)17(4)24-22(28)19-10-12-25(13-11-19)20(26)14-16(3)23-21(27)18-8-6-5-7-9-18/h5-9,15-17,19H,10-14H2,1-4H3,(H,23,27)(H,24,28).